The Balaban J connectivity index is 1.44. The topological polar surface area (TPSA) is 101 Å². The summed E-state index contributed by atoms with van der Waals surface area (Å²) in [5, 5.41) is 2.74. The summed E-state index contributed by atoms with van der Waals surface area (Å²) in [6.45, 7) is 1.79. The number of nitrogens with zero attached hydrogens (tertiary/aromatic N) is 2. The van der Waals surface area contributed by atoms with Gasteiger partial charge < -0.3 is 9.88 Å². The fourth-order valence-electron chi connectivity index (χ4n) is 4.63. The molecule has 4 aromatic carbocycles. The van der Waals surface area contributed by atoms with Crippen molar-refractivity contribution in [3.05, 3.63) is 114 Å². The maximum atomic E-state index is 13.6. The number of alkyl halides is 3. The predicted octanol–water partition coefficient (Wildman–Crippen LogP) is 6.90. The predicted molar refractivity (Wildman–Crippen MR) is 149 cm³/mol. The molecule has 1 amide bonds. The first-order valence-corrected chi connectivity index (χ1v) is 14.0. The SMILES string of the molecule is CC(c1ccc(F)cc1)n1c(-c2ccc(NC(=O)Cc3ccc(S(=O)(=O)O)cc3)cc2)nc2ccc(C(F)(F)F)cc21. The van der Waals surface area contributed by atoms with Gasteiger partial charge in [0.25, 0.3) is 10.1 Å². The summed E-state index contributed by atoms with van der Waals surface area (Å²) in [5.74, 6) is -0.425. The Morgan fingerprint density at radius 2 is 1.60 bits per heavy atom. The highest BCUT2D eigenvalue weighted by Crippen LogP contribution is 2.36. The van der Waals surface area contributed by atoms with E-state index in [1.807, 2.05) is 0 Å². The van der Waals surface area contributed by atoms with E-state index in [9.17, 15) is 30.8 Å². The van der Waals surface area contributed by atoms with Gasteiger partial charge >= 0.3 is 6.18 Å². The lowest BCUT2D eigenvalue weighted by Gasteiger charge is -2.19. The van der Waals surface area contributed by atoms with E-state index < -0.39 is 33.7 Å². The lowest BCUT2D eigenvalue weighted by molar-refractivity contribution is -0.137. The van der Waals surface area contributed by atoms with Crippen molar-refractivity contribution in [1.82, 2.24) is 9.55 Å². The molecule has 0 saturated carbocycles. The normalized spacial score (nSPS) is 12.8. The maximum absolute atomic E-state index is 13.6. The zero-order chi connectivity index (χ0) is 30.2. The van der Waals surface area contributed by atoms with Crippen LogP contribution in [0.1, 0.15) is 29.7 Å². The molecule has 0 aliphatic rings. The molecule has 0 radical (unpaired) electrons. The van der Waals surface area contributed by atoms with Gasteiger partial charge in [-0.3, -0.25) is 9.35 Å². The van der Waals surface area contributed by atoms with E-state index in [2.05, 4.69) is 10.3 Å². The van der Waals surface area contributed by atoms with E-state index in [0.29, 0.717) is 33.7 Å². The summed E-state index contributed by atoms with van der Waals surface area (Å²) in [7, 11) is -4.34. The first kappa shape index (κ1) is 29.0. The maximum Gasteiger partial charge on any atom is 0.416 e. The smallest absolute Gasteiger partial charge is 0.326 e. The van der Waals surface area contributed by atoms with Gasteiger partial charge in [0.1, 0.15) is 11.6 Å². The van der Waals surface area contributed by atoms with E-state index in [1.165, 1.54) is 42.5 Å². The fraction of sp³-hybridized carbons (Fsp3) is 0.133. The number of hydrogen-bond donors (Lipinski definition) is 2. The van der Waals surface area contributed by atoms with Gasteiger partial charge in [-0.2, -0.15) is 21.6 Å². The molecule has 42 heavy (non-hydrogen) atoms. The van der Waals surface area contributed by atoms with Crippen molar-refractivity contribution in [2.45, 2.75) is 30.5 Å². The molecule has 12 heteroatoms. The monoisotopic (exact) mass is 597 g/mol. The molecule has 0 saturated heterocycles. The van der Waals surface area contributed by atoms with Crippen molar-refractivity contribution in [3.63, 3.8) is 0 Å². The molecule has 1 aromatic heterocycles. The molecule has 2 N–H and O–H groups in total. The number of halogens is 4. The van der Waals surface area contributed by atoms with Crippen LogP contribution in [0.4, 0.5) is 23.2 Å². The molecule has 216 valence electrons. The number of carbonyl (C=O) groups excluding carboxylic acids is 1. The second-order valence-electron chi connectivity index (χ2n) is 9.66. The minimum atomic E-state index is -4.55. The number of hydrogen-bond acceptors (Lipinski definition) is 4. The number of benzene rings is 4. The number of fused-ring (bicyclic) bond motifs is 1. The average Bonchev–Trinajstić information content (AvgIpc) is 3.31. The number of nitrogens with one attached hydrogen (secondary N) is 1. The first-order valence-electron chi connectivity index (χ1n) is 12.6. The standard InChI is InChI=1S/C30H23F4N3O4S/c1-18(20-4-9-23(31)10-5-20)37-27-17-22(30(32,33)34)8-15-26(27)36-29(37)21-6-11-24(12-7-21)35-28(38)16-19-2-13-25(14-3-19)42(39,40)41/h2-15,17-18H,16H2,1H3,(H,35,38)(H,39,40,41). The van der Waals surface area contributed by atoms with Crippen molar-refractivity contribution in [2.75, 3.05) is 5.32 Å². The Kier molecular flexibility index (Phi) is 7.60. The van der Waals surface area contributed by atoms with Gasteiger partial charge in [0, 0.05) is 11.3 Å². The van der Waals surface area contributed by atoms with Crippen LogP contribution in [0.5, 0.6) is 0 Å². The fourth-order valence-corrected chi connectivity index (χ4v) is 5.11. The number of carbonyl (C=O) groups is 1. The summed E-state index contributed by atoms with van der Waals surface area (Å²) in [4.78, 5) is 16.9. The van der Waals surface area contributed by atoms with Crippen LogP contribution < -0.4 is 5.32 Å². The Morgan fingerprint density at radius 3 is 2.19 bits per heavy atom. The molecule has 5 aromatic rings. The zero-order valence-electron chi connectivity index (χ0n) is 21.9. The number of rotatable bonds is 7. The molecule has 0 fully saturated rings. The van der Waals surface area contributed by atoms with Crippen molar-refractivity contribution < 1.29 is 35.3 Å². The quantitative estimate of drug-likeness (QED) is 0.157. The number of amides is 1. The van der Waals surface area contributed by atoms with Gasteiger partial charge in [0.2, 0.25) is 5.91 Å². The summed E-state index contributed by atoms with van der Waals surface area (Å²) in [5.41, 5.74) is 2.01. The summed E-state index contributed by atoms with van der Waals surface area (Å²) >= 11 is 0. The van der Waals surface area contributed by atoms with E-state index in [1.54, 1.807) is 47.9 Å². The second kappa shape index (κ2) is 11.0. The van der Waals surface area contributed by atoms with Crippen molar-refractivity contribution in [3.8, 4) is 11.4 Å². The summed E-state index contributed by atoms with van der Waals surface area (Å²) < 4.78 is 87.4. The number of aromatic nitrogens is 2. The third kappa shape index (κ3) is 6.19. The van der Waals surface area contributed by atoms with Gasteiger partial charge in [-0.05, 0) is 84.8 Å². The highest BCUT2D eigenvalue weighted by atomic mass is 32.2. The van der Waals surface area contributed by atoms with Gasteiger partial charge in [0.05, 0.1) is 34.0 Å². The molecule has 1 unspecified atom stereocenters. The highest BCUT2D eigenvalue weighted by Gasteiger charge is 2.31. The van der Waals surface area contributed by atoms with Gasteiger partial charge in [-0.15, -0.1) is 0 Å². The van der Waals surface area contributed by atoms with Crippen LogP contribution in [0, 0.1) is 5.82 Å². The Hall–Kier alpha value is -4.55. The zero-order valence-corrected chi connectivity index (χ0v) is 22.7. The number of imidazole rings is 1. The molecule has 1 atom stereocenters. The van der Waals surface area contributed by atoms with Crippen molar-refractivity contribution >= 4 is 32.7 Å². The highest BCUT2D eigenvalue weighted by molar-refractivity contribution is 7.85. The second-order valence-corrected chi connectivity index (χ2v) is 11.1. The lowest BCUT2D eigenvalue weighted by Crippen LogP contribution is -2.14. The summed E-state index contributed by atoms with van der Waals surface area (Å²) in [6.07, 6.45) is -4.61. The molecular formula is C30H23F4N3O4S. The van der Waals surface area contributed by atoms with Crippen molar-refractivity contribution in [2.24, 2.45) is 0 Å². The minimum Gasteiger partial charge on any atom is -0.326 e. The van der Waals surface area contributed by atoms with Crippen LogP contribution >= 0.6 is 0 Å². The van der Waals surface area contributed by atoms with E-state index in [0.717, 1.165) is 12.1 Å². The Labute approximate surface area is 238 Å². The summed E-state index contributed by atoms with van der Waals surface area (Å²) in [6, 6.07) is 20.4. The van der Waals surface area contributed by atoms with Crippen molar-refractivity contribution in [1.29, 1.82) is 0 Å². The largest absolute Gasteiger partial charge is 0.416 e. The molecule has 0 spiro atoms. The molecule has 5 rings (SSSR count). The van der Waals surface area contributed by atoms with E-state index >= 15 is 0 Å². The Bertz CT molecular complexity index is 1870. The molecule has 1 heterocycles. The van der Waals surface area contributed by atoms with Gasteiger partial charge in [-0.25, -0.2) is 9.37 Å². The van der Waals surface area contributed by atoms with Crippen LogP contribution in [-0.2, 0) is 27.5 Å². The molecule has 0 aliphatic heterocycles. The van der Waals surface area contributed by atoms with E-state index in [-0.39, 0.29) is 22.7 Å². The van der Waals surface area contributed by atoms with Crippen LogP contribution in [-0.4, -0.2) is 28.4 Å². The van der Waals surface area contributed by atoms with E-state index in [4.69, 9.17) is 4.55 Å². The van der Waals surface area contributed by atoms with Gasteiger partial charge in [0.15, 0.2) is 0 Å². The third-order valence-electron chi connectivity index (χ3n) is 6.77. The average molecular weight is 598 g/mol. The third-order valence-corrected chi connectivity index (χ3v) is 7.64. The van der Waals surface area contributed by atoms with Crippen LogP contribution in [0.2, 0.25) is 0 Å². The first-order chi connectivity index (χ1) is 19.8. The van der Waals surface area contributed by atoms with Gasteiger partial charge in [-0.1, -0.05) is 24.3 Å². The van der Waals surface area contributed by atoms with Crippen LogP contribution in [0.3, 0.4) is 0 Å². The Morgan fingerprint density at radius 1 is 0.952 bits per heavy atom. The van der Waals surface area contributed by atoms with Crippen LogP contribution in [0.25, 0.3) is 22.4 Å². The molecular weight excluding hydrogens is 574 g/mol. The molecule has 0 bridgehead atoms. The lowest BCUT2D eigenvalue weighted by atomic mass is 10.1. The van der Waals surface area contributed by atoms with Crippen LogP contribution in [0.15, 0.2) is 95.9 Å². The number of anilines is 1. The minimum absolute atomic E-state index is 0.0555. The molecule has 0 aliphatic carbocycles. The molecule has 7 nitrogen and oxygen atoms in total.